The number of amides is 1. The molecule has 1 heterocycles. The van der Waals surface area contributed by atoms with Crippen LogP contribution in [0.1, 0.15) is 24.2 Å². The van der Waals surface area contributed by atoms with E-state index in [4.69, 9.17) is 18.0 Å². The monoisotopic (exact) mass is 382 g/mol. The van der Waals surface area contributed by atoms with E-state index in [9.17, 15) is 4.79 Å². The predicted molar refractivity (Wildman–Crippen MR) is 84.6 cm³/mol. The molecule has 1 amide bonds. The van der Waals surface area contributed by atoms with Gasteiger partial charge in [0, 0.05) is 24.4 Å². The summed E-state index contributed by atoms with van der Waals surface area (Å²) in [6, 6.07) is 1.90. The van der Waals surface area contributed by atoms with Gasteiger partial charge in [-0.25, -0.2) is 0 Å². The van der Waals surface area contributed by atoms with Crippen molar-refractivity contribution >= 4 is 57.0 Å². The Labute approximate surface area is 125 Å². The highest BCUT2D eigenvalue weighted by molar-refractivity contribution is 14.1. The number of rotatable bonds is 5. The van der Waals surface area contributed by atoms with E-state index in [1.54, 1.807) is 16.2 Å². The summed E-state index contributed by atoms with van der Waals surface area (Å²) in [6.07, 6.45) is 0. The number of hydrogen-bond donors (Lipinski definition) is 1. The minimum Gasteiger partial charge on any atom is -0.393 e. The van der Waals surface area contributed by atoms with Gasteiger partial charge in [-0.15, -0.1) is 11.3 Å². The maximum absolute atomic E-state index is 12.2. The smallest absolute Gasteiger partial charge is 0.254 e. The van der Waals surface area contributed by atoms with Crippen LogP contribution in [-0.4, -0.2) is 28.9 Å². The molecule has 0 saturated heterocycles. The van der Waals surface area contributed by atoms with Gasteiger partial charge in [-0.2, -0.15) is 0 Å². The van der Waals surface area contributed by atoms with Crippen LogP contribution in [0, 0.1) is 8.80 Å². The molecule has 0 radical (unpaired) electrons. The van der Waals surface area contributed by atoms with Gasteiger partial charge in [-0.1, -0.05) is 19.1 Å². The Morgan fingerprint density at radius 1 is 1.71 bits per heavy atom. The molecule has 0 bridgehead atoms. The molecule has 0 saturated carbocycles. The summed E-state index contributed by atoms with van der Waals surface area (Å²) in [5.74, 6) is 0.0985. The van der Waals surface area contributed by atoms with Crippen LogP contribution in [0.3, 0.4) is 0 Å². The third kappa shape index (κ3) is 4.18. The van der Waals surface area contributed by atoms with Crippen LogP contribution in [0.4, 0.5) is 0 Å². The fourth-order valence-electron chi connectivity index (χ4n) is 1.38. The molecule has 1 unspecified atom stereocenters. The van der Waals surface area contributed by atoms with Gasteiger partial charge in [0.2, 0.25) is 0 Å². The van der Waals surface area contributed by atoms with Gasteiger partial charge in [-0.05, 0) is 35.6 Å². The first-order valence-electron chi connectivity index (χ1n) is 5.28. The number of thiocarbonyl (C=S) groups is 1. The van der Waals surface area contributed by atoms with Crippen LogP contribution < -0.4 is 5.73 Å². The van der Waals surface area contributed by atoms with E-state index in [0.717, 1.165) is 8.45 Å². The van der Waals surface area contributed by atoms with Crippen molar-refractivity contribution in [2.75, 3.05) is 13.1 Å². The number of carbonyl (C=O) groups excluding carboxylic acids is 1. The zero-order valence-corrected chi connectivity index (χ0v) is 13.6. The second-order valence-corrected chi connectivity index (χ2v) is 7.06. The largest absolute Gasteiger partial charge is 0.393 e. The molecular weight excluding hydrogens is 367 g/mol. The topological polar surface area (TPSA) is 46.3 Å². The van der Waals surface area contributed by atoms with E-state index < -0.39 is 0 Å². The van der Waals surface area contributed by atoms with Crippen LogP contribution in [0.2, 0.25) is 0 Å². The van der Waals surface area contributed by atoms with Crippen molar-refractivity contribution in [2.45, 2.75) is 13.8 Å². The maximum atomic E-state index is 12.2. The lowest BCUT2D eigenvalue weighted by Crippen LogP contribution is -2.38. The van der Waals surface area contributed by atoms with Crippen molar-refractivity contribution in [1.29, 1.82) is 0 Å². The van der Waals surface area contributed by atoms with Gasteiger partial charge >= 0.3 is 0 Å². The number of halogens is 1. The maximum Gasteiger partial charge on any atom is 0.254 e. The van der Waals surface area contributed by atoms with Crippen LogP contribution in [-0.2, 0) is 0 Å². The van der Waals surface area contributed by atoms with E-state index in [1.807, 2.05) is 25.3 Å². The molecule has 6 heteroatoms. The second kappa shape index (κ2) is 6.65. The van der Waals surface area contributed by atoms with Crippen molar-refractivity contribution in [1.82, 2.24) is 4.90 Å². The van der Waals surface area contributed by atoms with Gasteiger partial charge in [0.05, 0.1) is 13.4 Å². The average Bonchev–Trinajstić information content (AvgIpc) is 2.71. The molecule has 1 rings (SSSR count). The minimum atomic E-state index is 0.0478. The lowest BCUT2D eigenvalue weighted by molar-refractivity contribution is 0.0755. The van der Waals surface area contributed by atoms with Gasteiger partial charge in [-0.3, -0.25) is 4.79 Å². The third-order valence-electron chi connectivity index (χ3n) is 2.46. The van der Waals surface area contributed by atoms with Crippen molar-refractivity contribution in [2.24, 2.45) is 11.7 Å². The zero-order valence-electron chi connectivity index (χ0n) is 9.77. The molecular formula is C11H15IN2OS2. The predicted octanol–water partition coefficient (Wildman–Crippen LogP) is 2.74. The van der Waals surface area contributed by atoms with Gasteiger partial charge in [0.15, 0.2) is 0 Å². The molecule has 1 aromatic rings. The number of thiophene rings is 1. The molecule has 0 spiro atoms. The zero-order chi connectivity index (χ0) is 13.0. The Morgan fingerprint density at radius 3 is 2.76 bits per heavy atom. The average molecular weight is 382 g/mol. The van der Waals surface area contributed by atoms with E-state index in [-0.39, 0.29) is 11.8 Å². The summed E-state index contributed by atoms with van der Waals surface area (Å²) in [6.45, 7) is 5.15. The highest BCUT2D eigenvalue weighted by Gasteiger charge is 2.18. The number of hydrogen-bond acceptors (Lipinski definition) is 3. The van der Waals surface area contributed by atoms with Crippen LogP contribution >= 0.6 is 46.1 Å². The lowest BCUT2D eigenvalue weighted by atomic mass is 10.1. The Morgan fingerprint density at radius 2 is 2.35 bits per heavy atom. The normalized spacial score (nSPS) is 12.2. The molecule has 94 valence electrons. The van der Waals surface area contributed by atoms with Crippen molar-refractivity contribution in [3.8, 4) is 0 Å². The molecule has 0 aliphatic heterocycles. The van der Waals surface area contributed by atoms with Crippen LogP contribution in [0.25, 0.3) is 0 Å². The molecule has 0 aliphatic rings. The molecule has 17 heavy (non-hydrogen) atoms. The molecule has 3 nitrogen and oxygen atoms in total. The first-order chi connectivity index (χ1) is 7.95. The molecule has 0 aromatic carbocycles. The number of carbonyl (C=O) groups is 1. The van der Waals surface area contributed by atoms with E-state index in [1.165, 1.54) is 0 Å². The van der Waals surface area contributed by atoms with E-state index in [0.29, 0.717) is 18.1 Å². The van der Waals surface area contributed by atoms with Crippen molar-refractivity contribution < 1.29 is 4.79 Å². The number of nitrogens with zero attached hydrogens (tertiary/aromatic N) is 1. The quantitative estimate of drug-likeness (QED) is 0.629. The third-order valence-corrected chi connectivity index (χ3v) is 4.65. The summed E-state index contributed by atoms with van der Waals surface area (Å²) < 4.78 is 1.12. The molecule has 0 fully saturated rings. The highest BCUT2D eigenvalue weighted by Crippen LogP contribution is 2.18. The molecule has 1 aromatic heterocycles. The lowest BCUT2D eigenvalue weighted by Gasteiger charge is -2.23. The molecule has 0 aliphatic carbocycles. The van der Waals surface area contributed by atoms with Crippen molar-refractivity contribution in [3.05, 3.63) is 19.9 Å². The van der Waals surface area contributed by atoms with Crippen LogP contribution in [0.15, 0.2) is 11.4 Å². The Kier molecular flexibility index (Phi) is 5.81. The summed E-state index contributed by atoms with van der Waals surface area (Å²) >= 11 is 8.72. The minimum absolute atomic E-state index is 0.0478. The highest BCUT2D eigenvalue weighted by atomic mass is 127. The first kappa shape index (κ1) is 14.8. The summed E-state index contributed by atoms with van der Waals surface area (Å²) in [4.78, 5) is 14.4. The Balaban J connectivity index is 2.74. The summed E-state index contributed by atoms with van der Waals surface area (Å²) in [7, 11) is 0. The van der Waals surface area contributed by atoms with E-state index in [2.05, 4.69) is 22.6 Å². The SMILES string of the molecule is CCN(CC(C)C(N)=S)C(=O)c1csc(I)c1. The fourth-order valence-corrected chi connectivity index (χ4v) is 2.78. The second-order valence-electron chi connectivity index (χ2n) is 3.79. The fraction of sp³-hybridized carbons (Fsp3) is 0.455. The Hall–Kier alpha value is -0.210. The Bertz CT molecular complexity index is 419. The van der Waals surface area contributed by atoms with Gasteiger partial charge in [0.1, 0.15) is 0 Å². The first-order valence-corrected chi connectivity index (χ1v) is 7.65. The van der Waals surface area contributed by atoms with Gasteiger partial charge in [0.25, 0.3) is 5.91 Å². The summed E-state index contributed by atoms with van der Waals surface area (Å²) in [5, 5.41) is 1.89. The number of nitrogens with two attached hydrogens (primary N) is 1. The summed E-state index contributed by atoms with van der Waals surface area (Å²) in [5.41, 5.74) is 6.32. The van der Waals surface area contributed by atoms with Crippen LogP contribution in [0.5, 0.6) is 0 Å². The molecule has 2 N–H and O–H groups in total. The standard InChI is InChI=1S/C11H15IN2OS2/c1-3-14(5-7(2)10(13)16)11(15)8-4-9(12)17-6-8/h4,6-7H,3,5H2,1-2H3,(H2,13,16). The van der Waals surface area contributed by atoms with Gasteiger partial charge < -0.3 is 10.6 Å². The van der Waals surface area contributed by atoms with Crippen molar-refractivity contribution in [3.63, 3.8) is 0 Å². The van der Waals surface area contributed by atoms with E-state index >= 15 is 0 Å². The molecule has 1 atom stereocenters.